The molecule has 0 spiro atoms. The van der Waals surface area contributed by atoms with Gasteiger partial charge in [0.1, 0.15) is 0 Å². The molecule has 0 fully saturated rings. The third-order valence-corrected chi connectivity index (χ3v) is 3.97. The Morgan fingerprint density at radius 3 is 2.55 bits per heavy atom. The van der Waals surface area contributed by atoms with E-state index in [1.54, 1.807) is 4.40 Å². The lowest BCUT2D eigenvalue weighted by atomic mass is 10.1. The van der Waals surface area contributed by atoms with E-state index in [2.05, 4.69) is 4.98 Å². The predicted octanol–water partition coefficient (Wildman–Crippen LogP) is 3.41. The smallest absolute Gasteiger partial charge is 0.263 e. The van der Waals surface area contributed by atoms with Gasteiger partial charge in [0.05, 0.1) is 16.7 Å². The minimum atomic E-state index is 0.00352. The summed E-state index contributed by atoms with van der Waals surface area (Å²) < 4.78 is 1.67. The van der Waals surface area contributed by atoms with Crippen molar-refractivity contribution in [3.05, 3.63) is 70.5 Å². The molecule has 0 unspecified atom stereocenters. The fourth-order valence-corrected chi connectivity index (χ4v) is 2.91. The van der Waals surface area contributed by atoms with E-state index in [4.69, 9.17) is 4.98 Å². The van der Waals surface area contributed by atoms with Gasteiger partial charge in [-0.25, -0.2) is 9.38 Å². The molecule has 4 heteroatoms. The van der Waals surface area contributed by atoms with E-state index in [9.17, 15) is 4.79 Å². The van der Waals surface area contributed by atoms with Crippen molar-refractivity contribution in [2.45, 2.75) is 13.3 Å². The normalized spacial score (nSPS) is 11.3. The zero-order valence-corrected chi connectivity index (χ0v) is 12.2. The lowest BCUT2D eigenvalue weighted by molar-refractivity contribution is 0.992. The molecule has 2 aromatic carbocycles. The maximum absolute atomic E-state index is 12.9. The summed E-state index contributed by atoms with van der Waals surface area (Å²) in [4.78, 5) is 20.9. The van der Waals surface area contributed by atoms with Crippen molar-refractivity contribution in [3.8, 4) is 11.3 Å². The fourth-order valence-electron chi connectivity index (χ4n) is 2.91. The van der Waals surface area contributed by atoms with Gasteiger partial charge in [-0.1, -0.05) is 49.4 Å². The van der Waals surface area contributed by atoms with E-state index in [0.29, 0.717) is 12.2 Å². The zero-order chi connectivity index (χ0) is 15.1. The van der Waals surface area contributed by atoms with Crippen molar-refractivity contribution < 1.29 is 0 Å². The molecule has 0 saturated heterocycles. The molecule has 2 heterocycles. The molecule has 0 radical (unpaired) electrons. The van der Waals surface area contributed by atoms with Gasteiger partial charge in [-0.2, -0.15) is 0 Å². The van der Waals surface area contributed by atoms with Gasteiger partial charge in [0.25, 0.3) is 5.56 Å². The average Bonchev–Trinajstić information content (AvgIpc) is 2.94. The fraction of sp³-hybridized carbons (Fsp3) is 0.111. The molecular formula is C18H15N3O. The molecule has 22 heavy (non-hydrogen) atoms. The maximum Gasteiger partial charge on any atom is 0.263 e. The van der Waals surface area contributed by atoms with E-state index < -0.39 is 0 Å². The molecule has 0 aliphatic carbocycles. The van der Waals surface area contributed by atoms with E-state index in [-0.39, 0.29) is 5.56 Å². The topological polar surface area (TPSA) is 50.2 Å². The van der Waals surface area contributed by atoms with Crippen LogP contribution in [-0.4, -0.2) is 14.4 Å². The largest absolute Gasteiger partial charge is 0.323 e. The number of nitrogens with zero attached hydrogens (tertiary/aromatic N) is 2. The Morgan fingerprint density at radius 2 is 1.77 bits per heavy atom. The van der Waals surface area contributed by atoms with Crippen molar-refractivity contribution in [2.75, 3.05) is 0 Å². The molecule has 1 N–H and O–H groups in total. The Labute approximate surface area is 127 Å². The monoisotopic (exact) mass is 289 g/mol. The van der Waals surface area contributed by atoms with E-state index >= 15 is 0 Å². The third-order valence-electron chi connectivity index (χ3n) is 3.97. The second-order valence-corrected chi connectivity index (χ2v) is 5.26. The number of fused-ring (bicyclic) bond motifs is 3. The van der Waals surface area contributed by atoms with Crippen LogP contribution >= 0.6 is 0 Å². The van der Waals surface area contributed by atoms with E-state index in [1.165, 1.54) is 0 Å². The van der Waals surface area contributed by atoms with E-state index in [0.717, 1.165) is 27.9 Å². The summed E-state index contributed by atoms with van der Waals surface area (Å²) in [5.74, 6) is 0.585. The van der Waals surface area contributed by atoms with Crippen LogP contribution in [0.1, 0.15) is 12.5 Å². The van der Waals surface area contributed by atoms with Gasteiger partial charge in [0.15, 0.2) is 0 Å². The van der Waals surface area contributed by atoms with Crippen LogP contribution in [0.5, 0.6) is 0 Å². The minimum Gasteiger partial charge on any atom is -0.323 e. The number of H-pyrrole nitrogens is 1. The van der Waals surface area contributed by atoms with Crippen LogP contribution < -0.4 is 5.56 Å². The van der Waals surface area contributed by atoms with Crippen LogP contribution in [0.15, 0.2) is 59.4 Å². The molecule has 4 aromatic rings. The summed E-state index contributed by atoms with van der Waals surface area (Å²) in [5, 5.41) is 0. The van der Waals surface area contributed by atoms with Gasteiger partial charge >= 0.3 is 0 Å². The highest BCUT2D eigenvalue weighted by Crippen LogP contribution is 2.22. The number of para-hydroxylation sites is 2. The first-order valence-electron chi connectivity index (χ1n) is 7.37. The first kappa shape index (κ1) is 12.8. The second kappa shape index (κ2) is 4.84. The summed E-state index contributed by atoms with van der Waals surface area (Å²) in [6.45, 7) is 1.99. The summed E-state index contributed by atoms with van der Waals surface area (Å²) in [7, 11) is 0. The molecular weight excluding hydrogens is 274 g/mol. The Hall–Kier alpha value is -2.88. The Kier molecular flexibility index (Phi) is 2.82. The summed E-state index contributed by atoms with van der Waals surface area (Å²) in [6, 6.07) is 17.6. The Morgan fingerprint density at radius 1 is 1.05 bits per heavy atom. The highest BCUT2D eigenvalue weighted by molar-refractivity contribution is 5.80. The molecule has 0 bridgehead atoms. The molecule has 0 aliphatic heterocycles. The van der Waals surface area contributed by atoms with Crippen molar-refractivity contribution in [1.29, 1.82) is 0 Å². The van der Waals surface area contributed by atoms with Gasteiger partial charge in [0.2, 0.25) is 5.78 Å². The Balaban J connectivity index is 2.16. The van der Waals surface area contributed by atoms with Gasteiger partial charge in [-0.05, 0) is 18.6 Å². The second-order valence-electron chi connectivity index (χ2n) is 5.26. The van der Waals surface area contributed by atoms with Crippen molar-refractivity contribution >= 4 is 16.8 Å². The van der Waals surface area contributed by atoms with Crippen molar-refractivity contribution in [2.24, 2.45) is 0 Å². The maximum atomic E-state index is 12.9. The SMILES string of the molecule is CCc1c(-c2ccccc2)nc2[nH]c3ccccc3n2c1=O. The average molecular weight is 289 g/mol. The number of hydrogen-bond acceptors (Lipinski definition) is 2. The Bertz CT molecular complexity index is 1030. The first-order valence-corrected chi connectivity index (χ1v) is 7.37. The molecule has 108 valence electrons. The molecule has 0 saturated carbocycles. The highest BCUT2D eigenvalue weighted by Gasteiger charge is 2.15. The highest BCUT2D eigenvalue weighted by atomic mass is 16.1. The number of aromatic amines is 1. The molecule has 2 aromatic heterocycles. The van der Waals surface area contributed by atoms with Crippen LogP contribution in [0.2, 0.25) is 0 Å². The van der Waals surface area contributed by atoms with Crippen LogP contribution in [0.3, 0.4) is 0 Å². The number of rotatable bonds is 2. The number of nitrogens with one attached hydrogen (secondary N) is 1. The van der Waals surface area contributed by atoms with Crippen molar-refractivity contribution in [1.82, 2.24) is 14.4 Å². The van der Waals surface area contributed by atoms with Crippen molar-refractivity contribution in [3.63, 3.8) is 0 Å². The van der Waals surface area contributed by atoms with Gasteiger partial charge < -0.3 is 4.98 Å². The standard InChI is InChI=1S/C18H15N3O/c1-2-13-16(12-8-4-3-5-9-12)20-18-19-14-10-6-7-11-15(14)21(18)17(13)22/h3-11H,2H2,1H3,(H,19,20). The zero-order valence-electron chi connectivity index (χ0n) is 12.2. The molecule has 0 amide bonds. The predicted molar refractivity (Wildman–Crippen MR) is 88.1 cm³/mol. The number of aromatic nitrogens is 3. The molecule has 0 aliphatic rings. The summed E-state index contributed by atoms with van der Waals surface area (Å²) >= 11 is 0. The number of imidazole rings is 1. The van der Waals surface area contributed by atoms with Crippen LogP contribution in [0, 0.1) is 0 Å². The minimum absolute atomic E-state index is 0.00352. The lowest BCUT2D eigenvalue weighted by Gasteiger charge is -2.07. The number of hydrogen-bond donors (Lipinski definition) is 1. The van der Waals surface area contributed by atoms with Gasteiger partial charge in [-0.3, -0.25) is 4.79 Å². The van der Waals surface area contributed by atoms with E-state index in [1.807, 2.05) is 61.5 Å². The first-order chi connectivity index (χ1) is 10.8. The summed E-state index contributed by atoms with van der Waals surface area (Å²) in [6.07, 6.45) is 0.651. The van der Waals surface area contributed by atoms with Crippen LogP contribution in [0.25, 0.3) is 28.1 Å². The van der Waals surface area contributed by atoms with Gasteiger partial charge in [0, 0.05) is 11.1 Å². The van der Waals surface area contributed by atoms with Gasteiger partial charge in [-0.15, -0.1) is 0 Å². The summed E-state index contributed by atoms with van der Waals surface area (Å²) in [5.41, 5.74) is 4.26. The molecule has 4 nitrogen and oxygen atoms in total. The third kappa shape index (κ3) is 1.77. The molecule has 4 rings (SSSR count). The van der Waals surface area contributed by atoms with Crippen LogP contribution in [-0.2, 0) is 6.42 Å². The molecule has 0 atom stereocenters. The lowest BCUT2D eigenvalue weighted by Crippen LogP contribution is -2.20. The quantitative estimate of drug-likeness (QED) is 0.615. The van der Waals surface area contributed by atoms with Crippen LogP contribution in [0.4, 0.5) is 0 Å². The number of benzene rings is 2.